The Morgan fingerprint density at radius 2 is 2.37 bits per heavy atom. The number of rotatable bonds is 4. The second-order valence-corrected chi connectivity index (χ2v) is 7.20. The van der Waals surface area contributed by atoms with E-state index in [1.165, 1.54) is 0 Å². The number of aryl methyl sites for hydroxylation is 1. The maximum atomic E-state index is 13.1. The van der Waals surface area contributed by atoms with Crippen molar-refractivity contribution in [2.45, 2.75) is 25.2 Å². The summed E-state index contributed by atoms with van der Waals surface area (Å²) in [6.07, 6.45) is 6.80. The van der Waals surface area contributed by atoms with Gasteiger partial charge in [-0.25, -0.2) is 0 Å². The molecule has 2 amide bonds. The van der Waals surface area contributed by atoms with Crippen LogP contribution in [0.3, 0.4) is 0 Å². The Kier molecular flexibility index (Phi) is 3.45. The van der Waals surface area contributed by atoms with Gasteiger partial charge in [0.1, 0.15) is 11.4 Å². The molecule has 0 aliphatic carbocycles. The van der Waals surface area contributed by atoms with Crippen molar-refractivity contribution in [3.05, 3.63) is 54.1 Å². The van der Waals surface area contributed by atoms with E-state index in [2.05, 4.69) is 15.5 Å². The molecule has 5 heterocycles. The van der Waals surface area contributed by atoms with Crippen LogP contribution in [0.4, 0.5) is 5.82 Å². The fourth-order valence-electron chi connectivity index (χ4n) is 4.28. The molecular weight excluding hydrogens is 348 g/mol. The van der Waals surface area contributed by atoms with Gasteiger partial charge in [0, 0.05) is 25.0 Å². The lowest BCUT2D eigenvalue weighted by atomic mass is 9.77. The van der Waals surface area contributed by atoms with Crippen LogP contribution >= 0.6 is 0 Å². The van der Waals surface area contributed by atoms with Crippen molar-refractivity contribution >= 4 is 17.6 Å². The van der Waals surface area contributed by atoms with Crippen molar-refractivity contribution in [3.63, 3.8) is 0 Å². The van der Waals surface area contributed by atoms with E-state index in [1.807, 2.05) is 24.3 Å². The van der Waals surface area contributed by atoms with E-state index in [0.29, 0.717) is 24.7 Å². The van der Waals surface area contributed by atoms with Crippen molar-refractivity contribution in [1.82, 2.24) is 15.5 Å². The van der Waals surface area contributed by atoms with E-state index >= 15 is 0 Å². The molecule has 2 aromatic heterocycles. The summed E-state index contributed by atoms with van der Waals surface area (Å²) in [5.41, 5.74) is 0.128. The van der Waals surface area contributed by atoms with Crippen LogP contribution in [0.5, 0.6) is 0 Å². The molecule has 1 spiro atoms. The van der Waals surface area contributed by atoms with Crippen LogP contribution < -0.4 is 10.2 Å². The Hall–Kier alpha value is -3.00. The average Bonchev–Trinajstić information content (AvgIpc) is 3.42. The predicted molar refractivity (Wildman–Crippen MR) is 93.4 cm³/mol. The van der Waals surface area contributed by atoms with E-state index in [4.69, 9.17) is 9.26 Å². The zero-order valence-electron chi connectivity index (χ0n) is 14.7. The number of carbonyl (C=O) groups is 2. The number of carbonyl (C=O) groups excluding carboxylic acids is 2. The third-order valence-electron chi connectivity index (χ3n) is 5.48. The second kappa shape index (κ2) is 5.75. The van der Waals surface area contributed by atoms with Crippen LogP contribution in [0.2, 0.25) is 0 Å². The summed E-state index contributed by atoms with van der Waals surface area (Å²) in [4.78, 5) is 31.6. The number of pyridine rings is 1. The zero-order valence-corrected chi connectivity index (χ0v) is 14.7. The van der Waals surface area contributed by atoms with Crippen LogP contribution in [-0.2, 0) is 20.9 Å². The lowest BCUT2D eigenvalue weighted by Crippen LogP contribution is -2.44. The maximum absolute atomic E-state index is 13.1. The molecule has 0 saturated carbocycles. The van der Waals surface area contributed by atoms with Crippen LogP contribution in [0.25, 0.3) is 0 Å². The highest BCUT2D eigenvalue weighted by Gasteiger charge is 2.67. The smallest absolute Gasteiger partial charge is 0.235 e. The molecule has 2 unspecified atom stereocenters. The molecular formula is C19H18N4O4. The van der Waals surface area contributed by atoms with Gasteiger partial charge in [-0.2, -0.15) is 0 Å². The normalized spacial score (nSPS) is 30.8. The minimum Gasteiger partial charge on any atom is -0.360 e. The summed E-state index contributed by atoms with van der Waals surface area (Å²) in [6.45, 7) is 2.47. The SMILES string of the molecule is Cc1cc(N2C[C@]34C=C[C@@H](O3)C(C(=O)NCc3cccnc3)C4C2=O)no1. The van der Waals surface area contributed by atoms with Crippen LogP contribution in [0.15, 0.2) is 47.3 Å². The molecule has 0 aromatic carbocycles. The number of hydrogen-bond acceptors (Lipinski definition) is 6. The standard InChI is InChI=1S/C19H18N4O4/c1-11-7-14(22-27-11)23-10-19-5-4-13(26-19)15(16(19)18(23)25)17(24)21-9-12-3-2-6-20-8-12/h2-8,13,15-16H,9-10H2,1H3,(H,21,24)/t13-,15?,16?,19+/m1/s1. The van der Waals surface area contributed by atoms with Crippen LogP contribution in [0.1, 0.15) is 11.3 Å². The molecule has 27 heavy (non-hydrogen) atoms. The fourth-order valence-corrected chi connectivity index (χ4v) is 4.28. The Morgan fingerprint density at radius 3 is 3.11 bits per heavy atom. The number of anilines is 1. The van der Waals surface area contributed by atoms with Gasteiger partial charge >= 0.3 is 0 Å². The van der Waals surface area contributed by atoms with Gasteiger partial charge < -0.3 is 14.6 Å². The van der Waals surface area contributed by atoms with E-state index in [-0.39, 0.29) is 17.9 Å². The van der Waals surface area contributed by atoms with E-state index in [1.54, 1.807) is 30.3 Å². The highest BCUT2D eigenvalue weighted by atomic mass is 16.5. The summed E-state index contributed by atoms with van der Waals surface area (Å²) >= 11 is 0. The highest BCUT2D eigenvalue weighted by molar-refractivity contribution is 6.02. The van der Waals surface area contributed by atoms with Gasteiger partial charge in [-0.3, -0.25) is 19.5 Å². The molecule has 3 aliphatic heterocycles. The van der Waals surface area contributed by atoms with Gasteiger partial charge in [-0.05, 0) is 18.6 Å². The summed E-state index contributed by atoms with van der Waals surface area (Å²) < 4.78 is 11.2. The molecule has 138 valence electrons. The van der Waals surface area contributed by atoms with Gasteiger partial charge in [0.25, 0.3) is 0 Å². The van der Waals surface area contributed by atoms with Crippen molar-refractivity contribution in [2.75, 3.05) is 11.4 Å². The first-order valence-corrected chi connectivity index (χ1v) is 8.86. The third-order valence-corrected chi connectivity index (χ3v) is 5.48. The Morgan fingerprint density at radius 1 is 1.48 bits per heavy atom. The van der Waals surface area contributed by atoms with Crippen molar-refractivity contribution < 1.29 is 18.8 Å². The van der Waals surface area contributed by atoms with E-state index in [0.717, 1.165) is 5.56 Å². The van der Waals surface area contributed by atoms with Gasteiger partial charge in [-0.15, -0.1) is 0 Å². The first-order chi connectivity index (χ1) is 13.1. The van der Waals surface area contributed by atoms with Crippen molar-refractivity contribution in [1.29, 1.82) is 0 Å². The molecule has 8 nitrogen and oxygen atoms in total. The second-order valence-electron chi connectivity index (χ2n) is 7.20. The van der Waals surface area contributed by atoms with Gasteiger partial charge in [0.15, 0.2) is 5.82 Å². The Bertz CT molecular complexity index is 940. The lowest BCUT2D eigenvalue weighted by Gasteiger charge is -2.23. The molecule has 1 N–H and O–H groups in total. The summed E-state index contributed by atoms with van der Waals surface area (Å²) in [5, 5.41) is 6.86. The number of amides is 2. The molecule has 5 rings (SSSR count). The van der Waals surface area contributed by atoms with E-state index in [9.17, 15) is 9.59 Å². The number of aromatic nitrogens is 2. The quantitative estimate of drug-likeness (QED) is 0.810. The van der Waals surface area contributed by atoms with Crippen LogP contribution in [-0.4, -0.2) is 40.2 Å². The van der Waals surface area contributed by atoms with Crippen molar-refractivity contribution in [2.24, 2.45) is 11.8 Å². The zero-order chi connectivity index (χ0) is 18.6. The summed E-state index contributed by atoms with van der Waals surface area (Å²) in [7, 11) is 0. The first kappa shape index (κ1) is 16.2. The van der Waals surface area contributed by atoms with Crippen molar-refractivity contribution in [3.8, 4) is 0 Å². The minimum atomic E-state index is -0.773. The van der Waals surface area contributed by atoms with Crippen LogP contribution in [0, 0.1) is 18.8 Å². The number of ether oxygens (including phenoxy) is 1. The number of fused-ring (bicyclic) bond motifs is 1. The number of hydrogen-bond donors (Lipinski definition) is 1. The van der Waals surface area contributed by atoms with Gasteiger partial charge in [0.05, 0.1) is 24.5 Å². The molecule has 2 saturated heterocycles. The Balaban J connectivity index is 1.38. The number of nitrogens with zero attached hydrogens (tertiary/aromatic N) is 3. The highest BCUT2D eigenvalue weighted by Crippen LogP contribution is 2.52. The maximum Gasteiger partial charge on any atom is 0.235 e. The predicted octanol–water partition coefficient (Wildman–Crippen LogP) is 0.981. The molecule has 2 fully saturated rings. The average molecular weight is 366 g/mol. The fraction of sp³-hybridized carbons (Fsp3) is 0.368. The number of nitrogens with one attached hydrogen (secondary N) is 1. The lowest BCUT2D eigenvalue weighted by molar-refractivity contribution is -0.132. The third kappa shape index (κ3) is 2.40. The molecule has 0 radical (unpaired) electrons. The molecule has 4 atom stereocenters. The summed E-state index contributed by atoms with van der Waals surface area (Å²) in [6, 6.07) is 5.42. The molecule has 8 heteroatoms. The minimum absolute atomic E-state index is 0.156. The Labute approximate surface area is 155 Å². The van der Waals surface area contributed by atoms with Gasteiger partial charge in [-0.1, -0.05) is 23.4 Å². The topological polar surface area (TPSA) is 97.6 Å². The largest absolute Gasteiger partial charge is 0.360 e. The summed E-state index contributed by atoms with van der Waals surface area (Å²) in [5.74, 6) is -0.381. The first-order valence-electron chi connectivity index (χ1n) is 8.86. The monoisotopic (exact) mass is 366 g/mol. The molecule has 3 aliphatic rings. The van der Waals surface area contributed by atoms with Gasteiger partial charge in [0.2, 0.25) is 11.8 Å². The molecule has 2 aromatic rings. The van der Waals surface area contributed by atoms with E-state index < -0.39 is 17.4 Å². The molecule has 2 bridgehead atoms.